The maximum absolute atomic E-state index is 12.9. The molecule has 28 heavy (non-hydrogen) atoms. The molecule has 7 nitrogen and oxygen atoms in total. The summed E-state index contributed by atoms with van der Waals surface area (Å²) in [4.78, 5) is 14.8. The monoisotopic (exact) mass is 404 g/mol. The van der Waals surface area contributed by atoms with Crippen LogP contribution in [-0.4, -0.2) is 63.9 Å². The predicted octanol–water partition coefficient (Wildman–Crippen LogP) is 1.99. The number of methoxy groups -OCH3 is 2. The summed E-state index contributed by atoms with van der Waals surface area (Å²) in [7, 11) is -0.478. The standard InChI is InChI=1S/C20H24N2O5S/c1-26-15-16-5-3-4-6-19(16)20(23)21-11-13-22(14-12-21)28(24,25)18-9-7-17(27-2)8-10-18/h3-10H,11-15H2,1-2H3. The van der Waals surface area contributed by atoms with E-state index in [0.29, 0.717) is 31.0 Å². The maximum Gasteiger partial charge on any atom is 0.254 e. The van der Waals surface area contributed by atoms with Crippen LogP contribution >= 0.6 is 0 Å². The van der Waals surface area contributed by atoms with Crippen LogP contribution in [0.5, 0.6) is 5.75 Å². The van der Waals surface area contributed by atoms with Gasteiger partial charge in [-0.1, -0.05) is 18.2 Å². The molecule has 1 heterocycles. The maximum atomic E-state index is 12.9. The molecule has 0 radical (unpaired) electrons. The molecule has 8 heteroatoms. The Morgan fingerprint density at radius 3 is 2.21 bits per heavy atom. The van der Waals surface area contributed by atoms with Crippen molar-refractivity contribution in [2.24, 2.45) is 0 Å². The molecule has 0 N–H and O–H groups in total. The van der Waals surface area contributed by atoms with Crippen LogP contribution in [0.2, 0.25) is 0 Å². The fourth-order valence-corrected chi connectivity index (χ4v) is 4.63. The molecule has 1 aliphatic rings. The van der Waals surface area contributed by atoms with Crippen LogP contribution in [0.1, 0.15) is 15.9 Å². The molecule has 1 amide bonds. The second kappa shape index (κ2) is 8.72. The van der Waals surface area contributed by atoms with Gasteiger partial charge in [0.05, 0.1) is 18.6 Å². The molecule has 1 saturated heterocycles. The van der Waals surface area contributed by atoms with E-state index in [1.807, 2.05) is 18.2 Å². The summed E-state index contributed by atoms with van der Waals surface area (Å²) in [5, 5.41) is 0. The summed E-state index contributed by atoms with van der Waals surface area (Å²) < 4.78 is 37.3. The Bertz CT molecular complexity index is 920. The number of amides is 1. The molecule has 2 aromatic rings. The number of hydrogen-bond acceptors (Lipinski definition) is 5. The van der Waals surface area contributed by atoms with E-state index < -0.39 is 10.0 Å². The van der Waals surface area contributed by atoms with Gasteiger partial charge < -0.3 is 14.4 Å². The van der Waals surface area contributed by atoms with Crippen LogP contribution in [0.25, 0.3) is 0 Å². The van der Waals surface area contributed by atoms with Crippen molar-refractivity contribution in [1.82, 2.24) is 9.21 Å². The van der Waals surface area contributed by atoms with E-state index in [2.05, 4.69) is 0 Å². The normalized spacial score (nSPS) is 15.4. The SMILES string of the molecule is COCc1ccccc1C(=O)N1CCN(S(=O)(=O)c2ccc(OC)cc2)CC1. The average Bonchev–Trinajstić information content (AvgIpc) is 2.74. The molecule has 3 rings (SSSR count). The van der Waals surface area contributed by atoms with Crippen molar-refractivity contribution in [3.05, 3.63) is 59.7 Å². The van der Waals surface area contributed by atoms with E-state index in [9.17, 15) is 13.2 Å². The molecule has 0 aliphatic carbocycles. The minimum Gasteiger partial charge on any atom is -0.497 e. The van der Waals surface area contributed by atoms with E-state index in [4.69, 9.17) is 9.47 Å². The van der Waals surface area contributed by atoms with E-state index in [1.165, 1.54) is 23.5 Å². The van der Waals surface area contributed by atoms with Gasteiger partial charge in [0.25, 0.3) is 5.91 Å². The van der Waals surface area contributed by atoms with Crippen LogP contribution in [-0.2, 0) is 21.4 Å². The van der Waals surface area contributed by atoms with E-state index in [0.717, 1.165) is 5.56 Å². The van der Waals surface area contributed by atoms with Gasteiger partial charge in [0, 0.05) is 38.9 Å². The molecular weight excluding hydrogens is 380 g/mol. The third kappa shape index (κ3) is 4.19. The number of ether oxygens (including phenoxy) is 2. The number of carbonyl (C=O) groups excluding carboxylic acids is 1. The van der Waals surface area contributed by atoms with Gasteiger partial charge >= 0.3 is 0 Å². The molecule has 150 valence electrons. The molecule has 0 atom stereocenters. The zero-order chi connectivity index (χ0) is 20.1. The first kappa shape index (κ1) is 20.3. The zero-order valence-electron chi connectivity index (χ0n) is 16.0. The topological polar surface area (TPSA) is 76.2 Å². The fourth-order valence-electron chi connectivity index (χ4n) is 3.21. The van der Waals surface area contributed by atoms with Gasteiger partial charge in [-0.3, -0.25) is 4.79 Å². The Morgan fingerprint density at radius 2 is 1.61 bits per heavy atom. The van der Waals surface area contributed by atoms with E-state index >= 15 is 0 Å². The van der Waals surface area contributed by atoms with Gasteiger partial charge in [0.15, 0.2) is 0 Å². The number of benzene rings is 2. The Morgan fingerprint density at radius 1 is 0.964 bits per heavy atom. The molecular formula is C20H24N2O5S. The number of rotatable bonds is 6. The minimum absolute atomic E-state index is 0.103. The Balaban J connectivity index is 1.69. The van der Waals surface area contributed by atoms with Gasteiger partial charge in [-0.15, -0.1) is 0 Å². The summed E-state index contributed by atoms with van der Waals surface area (Å²) in [6, 6.07) is 13.6. The predicted molar refractivity (Wildman–Crippen MR) is 105 cm³/mol. The van der Waals surface area contributed by atoms with Crippen molar-refractivity contribution in [2.75, 3.05) is 40.4 Å². The fraction of sp³-hybridized carbons (Fsp3) is 0.350. The highest BCUT2D eigenvalue weighted by Gasteiger charge is 2.30. The van der Waals surface area contributed by atoms with Crippen molar-refractivity contribution in [1.29, 1.82) is 0 Å². The molecule has 0 bridgehead atoms. The number of carbonyl (C=O) groups is 1. The lowest BCUT2D eigenvalue weighted by atomic mass is 10.1. The number of sulfonamides is 1. The molecule has 0 spiro atoms. The zero-order valence-corrected chi connectivity index (χ0v) is 16.8. The first-order chi connectivity index (χ1) is 13.5. The smallest absolute Gasteiger partial charge is 0.254 e. The van der Waals surface area contributed by atoms with Crippen molar-refractivity contribution in [3.8, 4) is 5.75 Å². The van der Waals surface area contributed by atoms with Crippen molar-refractivity contribution in [3.63, 3.8) is 0 Å². The lowest BCUT2D eigenvalue weighted by Gasteiger charge is -2.34. The van der Waals surface area contributed by atoms with Crippen LogP contribution in [0.4, 0.5) is 0 Å². The Hall–Kier alpha value is -2.42. The van der Waals surface area contributed by atoms with Gasteiger partial charge in [0.2, 0.25) is 10.0 Å². The molecule has 1 fully saturated rings. The van der Waals surface area contributed by atoms with Crippen molar-refractivity contribution < 1.29 is 22.7 Å². The van der Waals surface area contributed by atoms with Crippen LogP contribution in [0, 0.1) is 0 Å². The second-order valence-electron chi connectivity index (χ2n) is 6.46. The highest BCUT2D eigenvalue weighted by atomic mass is 32.2. The number of piperazine rings is 1. The van der Waals surface area contributed by atoms with Crippen LogP contribution < -0.4 is 4.74 Å². The van der Waals surface area contributed by atoms with Gasteiger partial charge in [-0.05, 0) is 35.9 Å². The van der Waals surface area contributed by atoms with Gasteiger partial charge in [-0.2, -0.15) is 4.31 Å². The molecule has 1 aliphatic heterocycles. The van der Waals surface area contributed by atoms with Gasteiger partial charge in [0.1, 0.15) is 5.75 Å². The number of nitrogens with zero attached hydrogens (tertiary/aromatic N) is 2. The largest absolute Gasteiger partial charge is 0.497 e. The van der Waals surface area contributed by atoms with Gasteiger partial charge in [-0.25, -0.2) is 8.42 Å². The highest BCUT2D eigenvalue weighted by Crippen LogP contribution is 2.21. The van der Waals surface area contributed by atoms with Crippen LogP contribution in [0.15, 0.2) is 53.4 Å². The summed E-state index contributed by atoms with van der Waals surface area (Å²) in [6.07, 6.45) is 0. The average molecular weight is 404 g/mol. The lowest BCUT2D eigenvalue weighted by molar-refractivity contribution is 0.0693. The molecule has 0 unspecified atom stereocenters. The summed E-state index contributed by atoms with van der Waals surface area (Å²) >= 11 is 0. The molecule has 2 aromatic carbocycles. The van der Waals surface area contributed by atoms with Crippen LogP contribution in [0.3, 0.4) is 0 Å². The van der Waals surface area contributed by atoms with Crippen molar-refractivity contribution in [2.45, 2.75) is 11.5 Å². The summed E-state index contributed by atoms with van der Waals surface area (Å²) in [5.41, 5.74) is 1.42. The lowest BCUT2D eigenvalue weighted by Crippen LogP contribution is -2.50. The summed E-state index contributed by atoms with van der Waals surface area (Å²) in [5.74, 6) is 0.498. The first-order valence-corrected chi connectivity index (χ1v) is 10.4. The Kier molecular flexibility index (Phi) is 6.33. The van der Waals surface area contributed by atoms with E-state index in [1.54, 1.807) is 30.2 Å². The molecule has 0 saturated carbocycles. The summed E-state index contributed by atoms with van der Waals surface area (Å²) in [6.45, 7) is 1.55. The third-order valence-electron chi connectivity index (χ3n) is 4.77. The first-order valence-electron chi connectivity index (χ1n) is 8.97. The van der Waals surface area contributed by atoms with E-state index in [-0.39, 0.29) is 23.9 Å². The highest BCUT2D eigenvalue weighted by molar-refractivity contribution is 7.89. The second-order valence-corrected chi connectivity index (χ2v) is 8.40. The Labute approximate surface area is 165 Å². The minimum atomic E-state index is -3.60. The molecule has 0 aromatic heterocycles. The quantitative estimate of drug-likeness (QED) is 0.736. The third-order valence-corrected chi connectivity index (χ3v) is 6.68. The number of hydrogen-bond donors (Lipinski definition) is 0. The van der Waals surface area contributed by atoms with Crippen molar-refractivity contribution >= 4 is 15.9 Å².